The Hall–Kier alpha value is -1.17. The fourth-order valence-corrected chi connectivity index (χ4v) is 3.28. The van der Waals surface area contributed by atoms with Crippen molar-refractivity contribution in [1.29, 1.82) is 0 Å². The third-order valence-electron chi connectivity index (χ3n) is 4.25. The van der Waals surface area contributed by atoms with Crippen molar-refractivity contribution in [2.45, 2.75) is 58.3 Å². The molecule has 0 aliphatic heterocycles. The SMILES string of the molecule is CCCCN(CC(N)=O)C(=O)C1(C(N)=S)CCCCCC1. The number of primary amides is 1. The molecule has 0 saturated heterocycles. The number of nitrogens with two attached hydrogens (primary N) is 2. The van der Waals surface area contributed by atoms with E-state index in [4.69, 9.17) is 23.7 Å². The van der Waals surface area contributed by atoms with Crippen LogP contribution in [-0.4, -0.2) is 34.8 Å². The average Bonchev–Trinajstić information content (AvgIpc) is 2.69. The van der Waals surface area contributed by atoms with E-state index in [1.54, 1.807) is 4.90 Å². The van der Waals surface area contributed by atoms with Gasteiger partial charge in [-0.25, -0.2) is 0 Å². The Kier molecular flexibility index (Phi) is 7.08. The largest absolute Gasteiger partial charge is 0.392 e. The van der Waals surface area contributed by atoms with Gasteiger partial charge in [0, 0.05) is 6.54 Å². The van der Waals surface area contributed by atoms with Gasteiger partial charge < -0.3 is 16.4 Å². The first kappa shape index (κ1) is 17.9. The Bertz CT molecular complexity index is 390. The molecule has 4 N–H and O–H groups in total. The Morgan fingerprint density at radius 1 is 1.14 bits per heavy atom. The second-order valence-corrected chi connectivity index (χ2v) is 6.35. The van der Waals surface area contributed by atoms with Crippen LogP contribution in [0.4, 0.5) is 0 Å². The molecule has 1 aliphatic rings. The van der Waals surface area contributed by atoms with Crippen molar-refractivity contribution in [1.82, 2.24) is 4.90 Å². The van der Waals surface area contributed by atoms with Gasteiger partial charge in [0.2, 0.25) is 11.8 Å². The monoisotopic (exact) mass is 313 g/mol. The van der Waals surface area contributed by atoms with Crippen LogP contribution in [-0.2, 0) is 9.59 Å². The van der Waals surface area contributed by atoms with E-state index in [1.165, 1.54) is 0 Å². The maximum atomic E-state index is 13.0. The molecule has 1 rings (SSSR count). The van der Waals surface area contributed by atoms with Crippen molar-refractivity contribution < 1.29 is 9.59 Å². The molecule has 120 valence electrons. The lowest BCUT2D eigenvalue weighted by atomic mass is 9.78. The average molecular weight is 313 g/mol. The van der Waals surface area contributed by atoms with Gasteiger partial charge in [0.25, 0.3) is 0 Å². The van der Waals surface area contributed by atoms with Crippen LogP contribution >= 0.6 is 12.2 Å². The number of carbonyl (C=O) groups excluding carboxylic acids is 2. The highest BCUT2D eigenvalue weighted by Gasteiger charge is 2.44. The van der Waals surface area contributed by atoms with Crippen molar-refractivity contribution in [3.63, 3.8) is 0 Å². The van der Waals surface area contributed by atoms with Gasteiger partial charge in [-0.15, -0.1) is 0 Å². The van der Waals surface area contributed by atoms with Gasteiger partial charge in [-0.1, -0.05) is 51.2 Å². The molecular formula is C15H27N3O2S. The van der Waals surface area contributed by atoms with Gasteiger partial charge >= 0.3 is 0 Å². The standard InChI is InChI=1S/C15H27N3O2S/c1-2-3-10-18(11-12(16)19)14(20)15(13(17)21)8-6-4-5-7-9-15/h2-11H2,1H3,(H2,16,19)(H2,17,21). The van der Waals surface area contributed by atoms with Crippen LogP contribution in [0.15, 0.2) is 0 Å². The normalized spacial score (nSPS) is 17.8. The van der Waals surface area contributed by atoms with E-state index >= 15 is 0 Å². The number of hydrogen-bond acceptors (Lipinski definition) is 3. The number of rotatable bonds is 7. The maximum Gasteiger partial charge on any atom is 0.237 e. The summed E-state index contributed by atoms with van der Waals surface area (Å²) in [5.41, 5.74) is 10.4. The Labute approximate surface area is 132 Å². The number of thiocarbonyl (C=S) groups is 1. The van der Waals surface area contributed by atoms with Crippen molar-refractivity contribution >= 4 is 29.0 Å². The van der Waals surface area contributed by atoms with E-state index in [0.717, 1.165) is 38.5 Å². The molecule has 6 heteroatoms. The van der Waals surface area contributed by atoms with Crippen molar-refractivity contribution in [3.8, 4) is 0 Å². The Balaban J connectivity index is 2.98. The second-order valence-electron chi connectivity index (χ2n) is 5.91. The molecule has 2 amide bonds. The highest BCUT2D eigenvalue weighted by Crippen LogP contribution is 2.37. The minimum atomic E-state index is -0.783. The zero-order valence-corrected chi connectivity index (χ0v) is 13.7. The summed E-state index contributed by atoms with van der Waals surface area (Å²) in [6, 6.07) is 0. The summed E-state index contributed by atoms with van der Waals surface area (Å²) in [5, 5.41) is 0. The smallest absolute Gasteiger partial charge is 0.237 e. The molecule has 0 heterocycles. The van der Waals surface area contributed by atoms with Crippen LogP contribution in [0.5, 0.6) is 0 Å². The summed E-state index contributed by atoms with van der Waals surface area (Å²) < 4.78 is 0. The second kappa shape index (κ2) is 8.32. The molecule has 0 radical (unpaired) electrons. The van der Waals surface area contributed by atoms with Crippen LogP contribution < -0.4 is 11.5 Å². The lowest BCUT2D eigenvalue weighted by Crippen LogP contribution is -2.52. The fraction of sp³-hybridized carbons (Fsp3) is 0.800. The lowest BCUT2D eigenvalue weighted by Gasteiger charge is -2.35. The summed E-state index contributed by atoms with van der Waals surface area (Å²) in [4.78, 5) is 26.1. The van der Waals surface area contributed by atoms with Gasteiger partial charge in [0.15, 0.2) is 0 Å². The molecule has 1 fully saturated rings. The van der Waals surface area contributed by atoms with Crippen molar-refractivity contribution in [2.75, 3.05) is 13.1 Å². The number of carbonyl (C=O) groups is 2. The quantitative estimate of drug-likeness (QED) is 0.553. The first-order valence-electron chi connectivity index (χ1n) is 7.81. The van der Waals surface area contributed by atoms with Gasteiger partial charge in [-0.05, 0) is 19.3 Å². The van der Waals surface area contributed by atoms with Gasteiger partial charge in [-0.3, -0.25) is 9.59 Å². The first-order valence-corrected chi connectivity index (χ1v) is 8.22. The zero-order chi connectivity index (χ0) is 15.9. The molecular weight excluding hydrogens is 286 g/mol. The molecule has 0 spiro atoms. The summed E-state index contributed by atoms with van der Waals surface area (Å²) in [7, 11) is 0. The van der Waals surface area contributed by atoms with Crippen LogP contribution in [0.2, 0.25) is 0 Å². The molecule has 0 atom stereocenters. The molecule has 1 saturated carbocycles. The predicted octanol–water partition coefficient (Wildman–Crippen LogP) is 1.73. The fourth-order valence-electron chi connectivity index (χ4n) is 2.99. The van der Waals surface area contributed by atoms with Crippen molar-refractivity contribution in [2.24, 2.45) is 16.9 Å². The molecule has 1 aliphatic carbocycles. The topological polar surface area (TPSA) is 89.4 Å². The van der Waals surface area contributed by atoms with E-state index in [2.05, 4.69) is 0 Å². The van der Waals surface area contributed by atoms with E-state index in [0.29, 0.717) is 19.4 Å². The molecule has 0 aromatic heterocycles. The Morgan fingerprint density at radius 2 is 1.71 bits per heavy atom. The molecule has 5 nitrogen and oxygen atoms in total. The van der Waals surface area contributed by atoms with Gasteiger partial charge in [0.05, 0.1) is 16.9 Å². The molecule has 0 bridgehead atoms. The first-order chi connectivity index (χ1) is 9.94. The molecule has 0 aromatic rings. The van der Waals surface area contributed by atoms with Gasteiger partial charge in [-0.2, -0.15) is 0 Å². The number of hydrogen-bond donors (Lipinski definition) is 2. The van der Waals surface area contributed by atoms with Gasteiger partial charge in [0.1, 0.15) is 0 Å². The summed E-state index contributed by atoms with van der Waals surface area (Å²) in [6.07, 6.45) is 7.24. The molecule has 0 aromatic carbocycles. The van der Waals surface area contributed by atoms with Crippen LogP contribution in [0.1, 0.15) is 58.3 Å². The van der Waals surface area contributed by atoms with E-state index in [-0.39, 0.29) is 17.4 Å². The van der Waals surface area contributed by atoms with Crippen molar-refractivity contribution in [3.05, 3.63) is 0 Å². The third-order valence-corrected chi connectivity index (χ3v) is 4.64. The number of unbranched alkanes of at least 4 members (excludes halogenated alkanes) is 1. The highest BCUT2D eigenvalue weighted by atomic mass is 32.1. The summed E-state index contributed by atoms with van der Waals surface area (Å²) in [6.45, 7) is 2.52. The lowest BCUT2D eigenvalue weighted by molar-refractivity contribution is -0.141. The van der Waals surface area contributed by atoms with Crippen LogP contribution in [0.25, 0.3) is 0 Å². The van der Waals surface area contributed by atoms with Crippen LogP contribution in [0.3, 0.4) is 0 Å². The minimum absolute atomic E-state index is 0.0524. The Morgan fingerprint density at radius 3 is 2.14 bits per heavy atom. The third kappa shape index (κ3) is 4.66. The summed E-state index contributed by atoms with van der Waals surface area (Å²) >= 11 is 5.22. The zero-order valence-electron chi connectivity index (χ0n) is 12.9. The minimum Gasteiger partial charge on any atom is -0.392 e. The summed E-state index contributed by atoms with van der Waals surface area (Å²) in [5.74, 6) is -0.602. The number of amides is 2. The highest BCUT2D eigenvalue weighted by molar-refractivity contribution is 7.80. The predicted molar refractivity (Wildman–Crippen MR) is 87.6 cm³/mol. The van der Waals surface area contributed by atoms with Crippen LogP contribution in [0, 0.1) is 5.41 Å². The molecule has 21 heavy (non-hydrogen) atoms. The maximum absolute atomic E-state index is 13.0. The van der Waals surface area contributed by atoms with E-state index in [9.17, 15) is 9.59 Å². The van der Waals surface area contributed by atoms with E-state index < -0.39 is 11.3 Å². The number of nitrogens with zero attached hydrogens (tertiary/aromatic N) is 1. The van der Waals surface area contributed by atoms with E-state index in [1.807, 2.05) is 6.92 Å². The molecule has 0 unspecified atom stereocenters.